The van der Waals surface area contributed by atoms with Crippen LogP contribution in [0.2, 0.25) is 0 Å². The maximum Gasteiger partial charge on any atom is 0.309 e. The summed E-state index contributed by atoms with van der Waals surface area (Å²) in [5.41, 5.74) is 0. The molecule has 0 bridgehead atoms. The van der Waals surface area contributed by atoms with Crippen LogP contribution in [-0.4, -0.2) is 60.9 Å². The van der Waals surface area contributed by atoms with Gasteiger partial charge in [0.05, 0.1) is 18.8 Å². The maximum atomic E-state index is 12.3. The van der Waals surface area contributed by atoms with Gasteiger partial charge in [-0.15, -0.1) is 11.3 Å². The summed E-state index contributed by atoms with van der Waals surface area (Å²) in [7, 11) is 2.12. The smallest absolute Gasteiger partial charge is 0.309 e. The number of nitrogens with zero attached hydrogens (tertiary/aromatic N) is 2. The molecule has 2 amide bonds. The number of rotatable bonds is 6. The van der Waals surface area contributed by atoms with Crippen molar-refractivity contribution in [2.45, 2.75) is 25.6 Å². The molecule has 3 rings (SSSR count). The average Bonchev–Trinajstić information content (AvgIpc) is 3.35. The van der Waals surface area contributed by atoms with Gasteiger partial charge in [0.1, 0.15) is 5.76 Å². The average molecular weight is 391 g/mol. The highest BCUT2D eigenvalue weighted by Crippen LogP contribution is 2.29. The van der Waals surface area contributed by atoms with Gasteiger partial charge in [0.2, 0.25) is 0 Å². The second-order valence-corrected chi connectivity index (χ2v) is 7.80. The predicted molar refractivity (Wildman–Crippen MR) is 104 cm³/mol. The van der Waals surface area contributed by atoms with Crippen LogP contribution >= 0.6 is 11.3 Å². The maximum absolute atomic E-state index is 12.3. The Morgan fingerprint density at radius 1 is 1.19 bits per heavy atom. The fraction of sp³-hybridized carbons (Fsp3) is 0.474. The van der Waals surface area contributed by atoms with Gasteiger partial charge >= 0.3 is 11.8 Å². The Morgan fingerprint density at radius 2 is 1.96 bits per heavy atom. The minimum Gasteiger partial charge on any atom is -0.467 e. The normalized spacial score (nSPS) is 18.0. The molecule has 2 aromatic heterocycles. The van der Waals surface area contributed by atoms with Crippen LogP contribution in [0.3, 0.4) is 0 Å². The van der Waals surface area contributed by atoms with Crippen molar-refractivity contribution in [2.75, 3.05) is 33.2 Å². The summed E-state index contributed by atoms with van der Waals surface area (Å²) in [6.07, 6.45) is 1.53. The molecule has 2 aromatic rings. The molecule has 0 radical (unpaired) electrons. The lowest BCUT2D eigenvalue weighted by molar-refractivity contribution is -0.140. The summed E-state index contributed by atoms with van der Waals surface area (Å²) in [5, 5.41) is 7.51. The summed E-state index contributed by atoms with van der Waals surface area (Å²) in [6, 6.07) is 7.47. The third-order valence-electron chi connectivity index (χ3n) is 4.81. The summed E-state index contributed by atoms with van der Waals surface area (Å²) in [5.74, 6) is -0.663. The van der Waals surface area contributed by atoms with Crippen molar-refractivity contribution in [3.8, 4) is 0 Å². The molecule has 8 heteroatoms. The molecule has 0 unspecified atom stereocenters. The van der Waals surface area contributed by atoms with Gasteiger partial charge in [0.25, 0.3) is 0 Å². The van der Waals surface area contributed by atoms with Crippen LogP contribution in [0.25, 0.3) is 0 Å². The molecule has 7 nitrogen and oxygen atoms in total. The Labute approximate surface area is 163 Å². The van der Waals surface area contributed by atoms with Gasteiger partial charge in [-0.2, -0.15) is 0 Å². The minimum absolute atomic E-state index is 0.0560. The van der Waals surface area contributed by atoms with E-state index in [1.54, 1.807) is 23.5 Å². The third-order valence-corrected chi connectivity index (χ3v) is 5.75. The van der Waals surface area contributed by atoms with E-state index in [9.17, 15) is 9.59 Å². The number of piperazine rings is 1. The van der Waals surface area contributed by atoms with Crippen molar-refractivity contribution in [3.63, 3.8) is 0 Å². The fourth-order valence-electron chi connectivity index (χ4n) is 3.31. The zero-order valence-corrected chi connectivity index (χ0v) is 16.5. The predicted octanol–water partition coefficient (Wildman–Crippen LogP) is 1.45. The monoisotopic (exact) mass is 390 g/mol. The highest BCUT2D eigenvalue weighted by molar-refractivity contribution is 7.10. The summed E-state index contributed by atoms with van der Waals surface area (Å²) in [4.78, 5) is 30.3. The lowest BCUT2D eigenvalue weighted by atomic mass is 10.0. The Kier molecular flexibility index (Phi) is 6.65. The molecule has 0 aliphatic carbocycles. The zero-order valence-electron chi connectivity index (χ0n) is 15.7. The molecule has 0 aromatic carbocycles. The molecule has 1 aliphatic rings. The number of carbonyl (C=O) groups is 2. The molecule has 146 valence electrons. The largest absolute Gasteiger partial charge is 0.467 e. The first kappa shape index (κ1) is 19.6. The quantitative estimate of drug-likeness (QED) is 0.730. The summed E-state index contributed by atoms with van der Waals surface area (Å²) >= 11 is 1.68. The van der Waals surface area contributed by atoms with Crippen LogP contribution in [0.5, 0.6) is 0 Å². The van der Waals surface area contributed by atoms with E-state index in [0.717, 1.165) is 26.2 Å². The van der Waals surface area contributed by atoms with Crippen molar-refractivity contribution >= 4 is 23.2 Å². The van der Waals surface area contributed by atoms with E-state index in [2.05, 4.69) is 33.5 Å². The SMILES string of the molecule is C[C@H](NC(=O)C(=O)NCc1ccco1)[C@@H](c1cccs1)N1CCN(C)CC1. The molecule has 27 heavy (non-hydrogen) atoms. The van der Waals surface area contributed by atoms with Crippen LogP contribution < -0.4 is 10.6 Å². The molecular formula is C19H26N4O3S. The minimum atomic E-state index is -0.651. The van der Waals surface area contributed by atoms with Gasteiger partial charge in [-0.25, -0.2) is 0 Å². The molecular weight excluding hydrogens is 364 g/mol. The van der Waals surface area contributed by atoms with Crippen LogP contribution in [0, 0.1) is 0 Å². The van der Waals surface area contributed by atoms with E-state index in [4.69, 9.17) is 4.42 Å². The molecule has 3 heterocycles. The van der Waals surface area contributed by atoms with Crippen molar-refractivity contribution in [3.05, 3.63) is 46.5 Å². The third kappa shape index (κ3) is 5.18. The van der Waals surface area contributed by atoms with Gasteiger partial charge in [0.15, 0.2) is 0 Å². The molecule has 1 fully saturated rings. The van der Waals surface area contributed by atoms with E-state index >= 15 is 0 Å². The fourth-order valence-corrected chi connectivity index (χ4v) is 4.28. The van der Waals surface area contributed by atoms with Gasteiger partial charge in [-0.3, -0.25) is 14.5 Å². The van der Waals surface area contributed by atoms with E-state index in [1.807, 2.05) is 18.4 Å². The highest BCUT2D eigenvalue weighted by atomic mass is 32.1. The van der Waals surface area contributed by atoms with Crippen molar-refractivity contribution < 1.29 is 14.0 Å². The molecule has 2 N–H and O–H groups in total. The number of thiophene rings is 1. The summed E-state index contributed by atoms with van der Waals surface area (Å²) in [6.45, 7) is 6.01. The second-order valence-electron chi connectivity index (χ2n) is 6.82. The molecule has 0 saturated carbocycles. The van der Waals surface area contributed by atoms with Crippen LogP contribution in [-0.2, 0) is 16.1 Å². The number of hydrogen-bond acceptors (Lipinski definition) is 6. The standard InChI is InChI=1S/C19H26N4O3S/c1-14(21-19(25)18(24)20-13-15-5-3-11-26-15)17(16-6-4-12-27-16)23-9-7-22(2)8-10-23/h3-6,11-12,14,17H,7-10,13H2,1-2H3,(H,20,24)(H,21,25)/t14-,17-/m0/s1. The molecule has 1 aliphatic heterocycles. The van der Waals surface area contributed by atoms with Gasteiger partial charge in [-0.05, 0) is 37.6 Å². The van der Waals surface area contributed by atoms with Crippen molar-refractivity contribution in [1.82, 2.24) is 20.4 Å². The van der Waals surface area contributed by atoms with E-state index in [1.165, 1.54) is 11.1 Å². The zero-order chi connectivity index (χ0) is 19.2. The first-order chi connectivity index (χ1) is 13.0. The molecule has 2 atom stereocenters. The van der Waals surface area contributed by atoms with Crippen molar-refractivity contribution in [1.29, 1.82) is 0 Å². The first-order valence-corrected chi connectivity index (χ1v) is 9.99. The first-order valence-electron chi connectivity index (χ1n) is 9.11. The van der Waals surface area contributed by atoms with E-state index < -0.39 is 11.8 Å². The highest BCUT2D eigenvalue weighted by Gasteiger charge is 2.31. The van der Waals surface area contributed by atoms with E-state index in [0.29, 0.717) is 5.76 Å². The molecule has 1 saturated heterocycles. The second kappa shape index (κ2) is 9.16. The Balaban J connectivity index is 1.60. The van der Waals surface area contributed by atoms with E-state index in [-0.39, 0.29) is 18.6 Å². The topological polar surface area (TPSA) is 77.8 Å². The molecule has 0 spiro atoms. The van der Waals surface area contributed by atoms with Gasteiger partial charge in [-0.1, -0.05) is 6.07 Å². The van der Waals surface area contributed by atoms with Crippen LogP contribution in [0.1, 0.15) is 23.6 Å². The number of likely N-dealkylation sites (N-methyl/N-ethyl adjacent to an activating group) is 1. The Morgan fingerprint density at radius 3 is 2.59 bits per heavy atom. The lowest BCUT2D eigenvalue weighted by Gasteiger charge is -2.40. The lowest BCUT2D eigenvalue weighted by Crippen LogP contribution is -2.53. The number of nitrogens with one attached hydrogen (secondary N) is 2. The van der Waals surface area contributed by atoms with Crippen molar-refractivity contribution in [2.24, 2.45) is 0 Å². The number of amides is 2. The van der Waals surface area contributed by atoms with Crippen LogP contribution in [0.15, 0.2) is 40.3 Å². The van der Waals surface area contributed by atoms with Crippen LogP contribution in [0.4, 0.5) is 0 Å². The Bertz CT molecular complexity index is 724. The van der Waals surface area contributed by atoms with Gasteiger partial charge in [0, 0.05) is 37.1 Å². The van der Waals surface area contributed by atoms with Gasteiger partial charge < -0.3 is 20.0 Å². The summed E-state index contributed by atoms with van der Waals surface area (Å²) < 4.78 is 5.16. The number of carbonyl (C=O) groups excluding carboxylic acids is 2. The number of furan rings is 1. The Hall–Kier alpha value is -2.16. The number of hydrogen-bond donors (Lipinski definition) is 2.